The van der Waals surface area contributed by atoms with Gasteiger partial charge >= 0.3 is 0 Å². The Morgan fingerprint density at radius 2 is 1.85 bits per heavy atom. The second-order valence-corrected chi connectivity index (χ2v) is 8.42. The largest absolute Gasteiger partial charge is 0.492 e. The zero-order valence-electron chi connectivity index (χ0n) is 15.5. The Balaban J connectivity index is 1.52. The number of nitrogens with one attached hydrogen (secondary N) is 1. The Morgan fingerprint density at radius 3 is 2.56 bits per heavy atom. The highest BCUT2D eigenvalue weighted by atomic mass is 32.2. The number of nitrogens with zero attached hydrogens (tertiary/aromatic N) is 1. The van der Waals surface area contributed by atoms with Gasteiger partial charge in [0.25, 0.3) is 0 Å². The standard InChI is InChI=1S/C20H26N2O4S/c1-25-20-8-5-13-22(16-20)18-11-9-17(10-12-18)21-27(23,24)15-14-26-19-6-3-2-4-7-19/h2-4,6-7,9-12,20-21H,5,8,13-16H2,1H3. The van der Waals surface area contributed by atoms with Crippen molar-refractivity contribution in [1.82, 2.24) is 0 Å². The number of ether oxygens (including phenoxy) is 2. The number of benzene rings is 2. The van der Waals surface area contributed by atoms with Gasteiger partial charge in [0, 0.05) is 31.6 Å². The first-order valence-corrected chi connectivity index (χ1v) is 10.8. The van der Waals surface area contributed by atoms with Crippen LogP contribution in [0.5, 0.6) is 5.75 Å². The lowest BCUT2D eigenvalue weighted by Gasteiger charge is -2.33. The molecule has 0 aliphatic carbocycles. The monoisotopic (exact) mass is 390 g/mol. The number of anilines is 2. The molecule has 0 radical (unpaired) electrons. The molecule has 0 amide bonds. The number of hydrogen-bond donors (Lipinski definition) is 1. The SMILES string of the molecule is COC1CCCN(c2ccc(NS(=O)(=O)CCOc3ccccc3)cc2)C1. The molecule has 1 N–H and O–H groups in total. The van der Waals surface area contributed by atoms with Gasteiger partial charge < -0.3 is 14.4 Å². The van der Waals surface area contributed by atoms with E-state index >= 15 is 0 Å². The van der Waals surface area contributed by atoms with Gasteiger partial charge in [-0.15, -0.1) is 0 Å². The molecule has 1 unspecified atom stereocenters. The van der Waals surface area contributed by atoms with E-state index in [1.807, 2.05) is 30.3 Å². The molecule has 6 nitrogen and oxygen atoms in total. The molecular weight excluding hydrogens is 364 g/mol. The average Bonchev–Trinajstić information content (AvgIpc) is 2.69. The quantitative estimate of drug-likeness (QED) is 0.750. The van der Waals surface area contributed by atoms with E-state index in [1.54, 1.807) is 31.4 Å². The van der Waals surface area contributed by atoms with Crippen LogP contribution in [0.15, 0.2) is 54.6 Å². The van der Waals surface area contributed by atoms with Crippen molar-refractivity contribution in [2.45, 2.75) is 18.9 Å². The number of methoxy groups -OCH3 is 1. The minimum atomic E-state index is -3.46. The fraction of sp³-hybridized carbons (Fsp3) is 0.400. The van der Waals surface area contributed by atoms with Crippen LogP contribution in [-0.4, -0.2) is 47.1 Å². The maximum Gasteiger partial charge on any atom is 0.236 e. The first kappa shape index (κ1) is 19.5. The van der Waals surface area contributed by atoms with Crippen molar-refractivity contribution in [1.29, 1.82) is 0 Å². The van der Waals surface area contributed by atoms with Crippen LogP contribution in [0.2, 0.25) is 0 Å². The molecule has 2 aromatic rings. The van der Waals surface area contributed by atoms with Crippen molar-refractivity contribution in [3.63, 3.8) is 0 Å². The van der Waals surface area contributed by atoms with E-state index in [-0.39, 0.29) is 18.5 Å². The van der Waals surface area contributed by atoms with E-state index < -0.39 is 10.0 Å². The summed E-state index contributed by atoms with van der Waals surface area (Å²) in [5, 5.41) is 0. The van der Waals surface area contributed by atoms with Crippen LogP contribution in [0.3, 0.4) is 0 Å². The van der Waals surface area contributed by atoms with E-state index in [1.165, 1.54) is 0 Å². The van der Waals surface area contributed by atoms with Crippen molar-refractivity contribution in [3.05, 3.63) is 54.6 Å². The zero-order valence-corrected chi connectivity index (χ0v) is 16.3. The number of piperidine rings is 1. The van der Waals surface area contributed by atoms with Gasteiger partial charge in [0.15, 0.2) is 0 Å². The van der Waals surface area contributed by atoms with Gasteiger partial charge in [0.05, 0.1) is 6.10 Å². The summed E-state index contributed by atoms with van der Waals surface area (Å²) < 4.78 is 38.0. The summed E-state index contributed by atoms with van der Waals surface area (Å²) >= 11 is 0. The molecule has 146 valence electrons. The van der Waals surface area contributed by atoms with Gasteiger partial charge in [-0.05, 0) is 49.2 Å². The van der Waals surface area contributed by atoms with Gasteiger partial charge in [0.1, 0.15) is 18.1 Å². The highest BCUT2D eigenvalue weighted by Gasteiger charge is 2.19. The lowest BCUT2D eigenvalue weighted by Crippen LogP contribution is -2.39. The first-order chi connectivity index (χ1) is 13.1. The molecule has 1 aliphatic rings. The van der Waals surface area contributed by atoms with Gasteiger partial charge in [0.2, 0.25) is 10.0 Å². The second-order valence-electron chi connectivity index (χ2n) is 6.58. The maximum atomic E-state index is 12.2. The van der Waals surface area contributed by atoms with Gasteiger partial charge in [-0.1, -0.05) is 18.2 Å². The molecule has 1 heterocycles. The Morgan fingerprint density at radius 1 is 1.11 bits per heavy atom. The normalized spacial score (nSPS) is 17.5. The van der Waals surface area contributed by atoms with E-state index in [0.717, 1.165) is 31.6 Å². The molecule has 1 atom stereocenters. The molecule has 27 heavy (non-hydrogen) atoms. The van der Waals surface area contributed by atoms with Gasteiger partial charge in [-0.3, -0.25) is 4.72 Å². The second kappa shape index (κ2) is 9.10. The smallest absolute Gasteiger partial charge is 0.236 e. The summed E-state index contributed by atoms with van der Waals surface area (Å²) in [5.41, 5.74) is 1.63. The van der Waals surface area contributed by atoms with Crippen molar-refractivity contribution in [2.24, 2.45) is 0 Å². The first-order valence-electron chi connectivity index (χ1n) is 9.12. The Hall–Kier alpha value is -2.25. The summed E-state index contributed by atoms with van der Waals surface area (Å²) in [7, 11) is -1.72. The van der Waals surface area contributed by atoms with Crippen LogP contribution in [0.4, 0.5) is 11.4 Å². The average molecular weight is 391 g/mol. The molecule has 0 saturated carbocycles. The molecule has 1 aliphatic heterocycles. The van der Waals surface area contributed by atoms with Gasteiger partial charge in [-0.2, -0.15) is 0 Å². The predicted octanol–water partition coefficient (Wildman–Crippen LogP) is 3.12. The van der Waals surface area contributed by atoms with E-state index in [4.69, 9.17) is 9.47 Å². The molecule has 0 aromatic heterocycles. The molecule has 1 fully saturated rings. The van der Waals surface area contributed by atoms with Gasteiger partial charge in [-0.25, -0.2) is 8.42 Å². The van der Waals surface area contributed by atoms with Crippen molar-refractivity contribution >= 4 is 21.4 Å². The molecule has 1 saturated heterocycles. The van der Waals surface area contributed by atoms with E-state index in [9.17, 15) is 8.42 Å². The lowest BCUT2D eigenvalue weighted by atomic mass is 10.1. The van der Waals surface area contributed by atoms with E-state index in [0.29, 0.717) is 11.4 Å². The number of rotatable bonds is 8. The molecule has 0 spiro atoms. The minimum absolute atomic E-state index is 0.101. The third-order valence-corrected chi connectivity index (χ3v) is 5.83. The summed E-state index contributed by atoms with van der Waals surface area (Å²) in [5.74, 6) is 0.554. The summed E-state index contributed by atoms with van der Waals surface area (Å²) in [6.07, 6.45) is 2.42. The maximum absolute atomic E-state index is 12.2. The Kier molecular flexibility index (Phi) is 6.58. The minimum Gasteiger partial charge on any atom is -0.492 e. The Labute approximate surface area is 161 Å². The summed E-state index contributed by atoms with van der Waals surface area (Å²) in [6, 6.07) is 16.6. The molecule has 2 aromatic carbocycles. The molecule has 7 heteroatoms. The topological polar surface area (TPSA) is 67.9 Å². The van der Waals surface area contributed by atoms with Crippen LogP contribution in [0.1, 0.15) is 12.8 Å². The van der Waals surface area contributed by atoms with Crippen LogP contribution >= 0.6 is 0 Å². The summed E-state index contributed by atoms with van der Waals surface area (Å²) in [4.78, 5) is 2.27. The fourth-order valence-corrected chi connectivity index (χ4v) is 4.02. The van der Waals surface area contributed by atoms with Crippen LogP contribution in [0, 0.1) is 0 Å². The fourth-order valence-electron chi connectivity index (χ4n) is 3.12. The lowest BCUT2D eigenvalue weighted by molar-refractivity contribution is 0.0893. The number of hydrogen-bond acceptors (Lipinski definition) is 5. The third kappa shape index (κ3) is 5.87. The number of para-hydroxylation sites is 1. The van der Waals surface area contributed by atoms with E-state index in [2.05, 4.69) is 9.62 Å². The van der Waals surface area contributed by atoms with Crippen LogP contribution < -0.4 is 14.4 Å². The number of sulfonamides is 1. The molecule has 0 bridgehead atoms. The Bertz CT molecular complexity index is 810. The summed E-state index contributed by atoms with van der Waals surface area (Å²) in [6.45, 7) is 1.95. The highest BCUT2D eigenvalue weighted by Crippen LogP contribution is 2.23. The zero-order chi connectivity index (χ0) is 19.1. The van der Waals surface area contributed by atoms with Crippen molar-refractivity contribution in [3.8, 4) is 5.75 Å². The van der Waals surface area contributed by atoms with Crippen LogP contribution in [0.25, 0.3) is 0 Å². The third-order valence-electron chi connectivity index (χ3n) is 4.58. The predicted molar refractivity (Wildman–Crippen MR) is 108 cm³/mol. The van der Waals surface area contributed by atoms with Crippen LogP contribution in [-0.2, 0) is 14.8 Å². The molecular formula is C20H26N2O4S. The highest BCUT2D eigenvalue weighted by molar-refractivity contribution is 7.92. The van der Waals surface area contributed by atoms with Crippen molar-refractivity contribution in [2.75, 3.05) is 42.2 Å². The van der Waals surface area contributed by atoms with Crippen molar-refractivity contribution < 1.29 is 17.9 Å². The molecule has 3 rings (SSSR count).